The van der Waals surface area contributed by atoms with E-state index >= 15 is 0 Å². The molecule has 0 spiro atoms. The molecule has 6 atom stereocenters. The summed E-state index contributed by atoms with van der Waals surface area (Å²) in [5, 5.41) is 29.6. The van der Waals surface area contributed by atoms with Crippen LogP contribution in [0, 0.1) is 17.8 Å². The van der Waals surface area contributed by atoms with Crippen LogP contribution in [0.4, 0.5) is 9.59 Å². The van der Waals surface area contributed by atoms with E-state index in [2.05, 4.69) is 18.0 Å². The first kappa shape index (κ1) is 46.6. The molecule has 0 saturated heterocycles. The Balaban J connectivity index is 1.41. The van der Waals surface area contributed by atoms with Gasteiger partial charge in [-0.1, -0.05) is 103 Å². The fourth-order valence-corrected chi connectivity index (χ4v) is 9.97. The van der Waals surface area contributed by atoms with Crippen LogP contribution in [0.1, 0.15) is 74.5 Å². The van der Waals surface area contributed by atoms with Gasteiger partial charge in [0.15, 0.2) is 0 Å². The van der Waals surface area contributed by atoms with Crippen molar-refractivity contribution in [3.05, 3.63) is 132 Å². The lowest BCUT2D eigenvalue weighted by Gasteiger charge is -2.59. The molecule has 0 radical (unpaired) electrons. The van der Waals surface area contributed by atoms with Gasteiger partial charge in [-0.2, -0.15) is 0 Å². The molecule has 13 heteroatoms. The number of benzene rings is 4. The smallest absolute Gasteiger partial charge is 0.412 e. The average molecular weight is 895 g/mol. The maximum Gasteiger partial charge on any atom is 0.412 e. The number of ether oxygens (including phenoxy) is 4. The fraction of sp³-hybridized carbons (Fsp3) is 0.431. The molecule has 340 valence electrons. The summed E-state index contributed by atoms with van der Waals surface area (Å²) in [6.45, 7) is 6.90. The van der Waals surface area contributed by atoms with Crippen LogP contribution in [0.15, 0.2) is 120 Å². The van der Waals surface area contributed by atoms with Crippen molar-refractivity contribution in [2.24, 2.45) is 22.9 Å². The molecule has 1 aliphatic heterocycles. The molecule has 0 aromatic heterocycles. The van der Waals surface area contributed by atoms with Gasteiger partial charge in [-0.05, 0) is 90.1 Å². The normalized spacial score (nSPS) is 22.7. The maximum absolute atomic E-state index is 14.7. The van der Waals surface area contributed by atoms with Crippen molar-refractivity contribution in [3.63, 3.8) is 0 Å². The van der Waals surface area contributed by atoms with Crippen LogP contribution < -0.4 is 14.8 Å². The molecule has 6 unspecified atom stereocenters. The molecule has 3 N–H and O–H groups in total. The Labute approximate surface area is 380 Å². The van der Waals surface area contributed by atoms with E-state index in [1.165, 1.54) is 0 Å². The number of aliphatic hydroxyl groups excluding tert-OH is 2. The minimum Gasteiger partial charge on any atom is -0.459 e. The van der Waals surface area contributed by atoms with Gasteiger partial charge in [-0.15, -0.1) is 18.2 Å². The van der Waals surface area contributed by atoms with E-state index in [9.17, 15) is 19.8 Å². The fourth-order valence-electron chi connectivity index (χ4n) is 9.89. The average Bonchev–Trinajstić information content (AvgIpc) is 3.32. The molecule has 2 amide bonds. The highest BCUT2D eigenvalue weighted by atomic mass is 35.5. The zero-order valence-corrected chi connectivity index (χ0v) is 37.3. The summed E-state index contributed by atoms with van der Waals surface area (Å²) in [6, 6.07) is 28.3. The highest BCUT2D eigenvalue weighted by Gasteiger charge is 2.65. The van der Waals surface area contributed by atoms with Gasteiger partial charge in [0.2, 0.25) is 5.79 Å². The number of nitrogens with zero attached hydrogens (tertiary/aromatic N) is 2. The molecule has 3 aliphatic rings. The maximum atomic E-state index is 14.7. The van der Waals surface area contributed by atoms with Crippen LogP contribution in [0.5, 0.6) is 11.5 Å². The number of fused-ring (bicyclic) bond motifs is 3. The molecule has 12 nitrogen and oxygen atoms in total. The molecule has 1 saturated carbocycles. The van der Waals surface area contributed by atoms with Crippen molar-refractivity contribution in [1.82, 2.24) is 10.2 Å². The summed E-state index contributed by atoms with van der Waals surface area (Å²) in [4.78, 5) is 35.6. The first-order valence-electron chi connectivity index (χ1n) is 22.5. The first-order chi connectivity index (χ1) is 31.3. The number of carbonyl (C=O) groups excluding carboxylic acids is 2. The number of allylic oxidation sites excluding steroid dienone is 1. The lowest BCUT2D eigenvalue weighted by Crippen LogP contribution is -2.70. The van der Waals surface area contributed by atoms with E-state index in [-0.39, 0.29) is 63.0 Å². The number of rotatable bonds is 21. The van der Waals surface area contributed by atoms with Crippen molar-refractivity contribution in [2.45, 2.75) is 82.7 Å². The Morgan fingerprint density at radius 2 is 1.75 bits per heavy atom. The van der Waals surface area contributed by atoms with Gasteiger partial charge in [0, 0.05) is 37.7 Å². The van der Waals surface area contributed by atoms with E-state index in [1.54, 1.807) is 17.0 Å². The summed E-state index contributed by atoms with van der Waals surface area (Å²) in [5.74, 6) is -1.44. The second kappa shape index (κ2) is 22.5. The molecule has 4 aromatic rings. The third-order valence-corrected chi connectivity index (χ3v) is 12.7. The van der Waals surface area contributed by atoms with Crippen molar-refractivity contribution < 1.29 is 43.6 Å². The Kier molecular flexibility index (Phi) is 16.4. The van der Waals surface area contributed by atoms with Gasteiger partial charge < -0.3 is 39.3 Å². The van der Waals surface area contributed by atoms with Crippen molar-refractivity contribution in [3.8, 4) is 11.5 Å². The van der Waals surface area contributed by atoms with Gasteiger partial charge in [0.05, 0.1) is 30.7 Å². The third kappa shape index (κ3) is 10.4. The van der Waals surface area contributed by atoms with E-state index in [4.69, 9.17) is 40.5 Å². The second-order valence-electron chi connectivity index (χ2n) is 16.5. The van der Waals surface area contributed by atoms with Crippen LogP contribution in [-0.2, 0) is 27.4 Å². The molecule has 7 rings (SSSR count). The number of hydrogen-bond donors (Lipinski definition) is 3. The van der Waals surface area contributed by atoms with Crippen molar-refractivity contribution >= 4 is 40.3 Å². The lowest BCUT2D eigenvalue weighted by atomic mass is 9.55. The molecule has 1 heterocycles. The third-order valence-electron chi connectivity index (χ3n) is 12.6. The predicted molar refractivity (Wildman–Crippen MR) is 247 cm³/mol. The van der Waals surface area contributed by atoms with E-state index < -0.39 is 29.9 Å². The quantitative estimate of drug-likeness (QED) is 0.0322. The highest BCUT2D eigenvalue weighted by Crippen LogP contribution is 2.62. The minimum atomic E-state index is -1.52. The SMILES string of the molecule is C=CCOC12Oc3ccc(OC(=O)NCc4ccccc4)cc3C3C(CCCCO)C(CCCCO)C=C(C(=NOCC)CC1N(Cc1cccc4ccccc14)C(=O)OCCCl)C32. The van der Waals surface area contributed by atoms with Gasteiger partial charge in [0.25, 0.3) is 0 Å². The Morgan fingerprint density at radius 1 is 0.984 bits per heavy atom. The Hall–Kier alpha value is -5.40. The molecule has 2 aliphatic carbocycles. The summed E-state index contributed by atoms with van der Waals surface area (Å²) >= 11 is 6.14. The lowest BCUT2D eigenvalue weighted by molar-refractivity contribution is -0.256. The second-order valence-corrected chi connectivity index (χ2v) is 16.9. The number of carbonyl (C=O) groups is 2. The molecular formula is C51H60ClN3O9. The minimum absolute atomic E-state index is 0.00932. The number of oxime groups is 1. The number of alkyl halides is 1. The number of nitrogens with one attached hydrogen (secondary N) is 1. The van der Waals surface area contributed by atoms with Crippen LogP contribution in [0.2, 0.25) is 0 Å². The zero-order valence-electron chi connectivity index (χ0n) is 36.5. The summed E-state index contributed by atoms with van der Waals surface area (Å²) in [6.07, 6.45) is 7.31. The molecular weight excluding hydrogens is 834 g/mol. The Bertz CT molecular complexity index is 2270. The van der Waals surface area contributed by atoms with Gasteiger partial charge in [-0.25, -0.2) is 9.59 Å². The van der Waals surface area contributed by atoms with Gasteiger partial charge in [-0.3, -0.25) is 4.90 Å². The summed E-state index contributed by atoms with van der Waals surface area (Å²) in [7, 11) is 0. The van der Waals surface area contributed by atoms with E-state index in [0.717, 1.165) is 58.7 Å². The van der Waals surface area contributed by atoms with Crippen molar-refractivity contribution in [2.75, 3.05) is 38.9 Å². The monoisotopic (exact) mass is 893 g/mol. The highest BCUT2D eigenvalue weighted by molar-refractivity contribution is 6.18. The van der Waals surface area contributed by atoms with Crippen LogP contribution in [0.25, 0.3) is 10.8 Å². The molecule has 0 bridgehead atoms. The first-order valence-corrected chi connectivity index (χ1v) is 23.0. The summed E-state index contributed by atoms with van der Waals surface area (Å²) in [5.41, 5.74) is 4.21. The molecule has 1 fully saturated rings. The predicted octanol–water partition coefficient (Wildman–Crippen LogP) is 9.66. The van der Waals surface area contributed by atoms with Crippen LogP contribution >= 0.6 is 11.6 Å². The van der Waals surface area contributed by atoms with E-state index in [0.29, 0.717) is 43.2 Å². The Morgan fingerprint density at radius 3 is 2.52 bits per heavy atom. The van der Waals surface area contributed by atoms with Crippen molar-refractivity contribution in [1.29, 1.82) is 0 Å². The molecule has 64 heavy (non-hydrogen) atoms. The van der Waals surface area contributed by atoms with Gasteiger partial charge in [0.1, 0.15) is 30.8 Å². The summed E-state index contributed by atoms with van der Waals surface area (Å²) < 4.78 is 26.3. The topological polar surface area (TPSA) is 148 Å². The van der Waals surface area contributed by atoms with Gasteiger partial charge >= 0.3 is 12.2 Å². The number of aliphatic hydroxyl groups is 2. The van der Waals surface area contributed by atoms with E-state index in [1.807, 2.05) is 91.9 Å². The molecule has 4 aromatic carbocycles. The number of unbranched alkanes of at least 4 members (excludes halogenated alkanes) is 2. The number of amides is 2. The standard InChI is InChI=1S/C51H60ClN3O9/c1-3-28-61-51-46(55(50(59)60-29-25-52)34-38-20-14-19-36-17-8-9-21-40(36)38)32-44(54-62-4-2)42-30-37(18-10-12-26-56)41(22-11-13-27-57)47(48(42)51)43-31-39(23-24-45(43)64-51)63-49(58)53-33-35-15-6-5-7-16-35/h3,5-9,14-17,19-21,23-24,30-31,37,41,46-48,56-57H,1,4,10-13,18,22,25-29,32-34H2,2H3,(H,53,58). The number of halogens is 1. The van der Waals surface area contributed by atoms with Crippen LogP contribution in [-0.4, -0.2) is 83.8 Å². The van der Waals surface area contributed by atoms with Crippen LogP contribution in [0.3, 0.4) is 0 Å². The zero-order chi connectivity index (χ0) is 44.9. The largest absolute Gasteiger partial charge is 0.459 e. The number of hydrogen-bond acceptors (Lipinski definition) is 10.